The van der Waals surface area contributed by atoms with Crippen LogP contribution in [0.25, 0.3) is 15.3 Å². The van der Waals surface area contributed by atoms with Gasteiger partial charge in [-0.1, -0.05) is 35.6 Å². The van der Waals surface area contributed by atoms with Crippen molar-refractivity contribution in [2.75, 3.05) is 4.90 Å². The van der Waals surface area contributed by atoms with Crippen LogP contribution in [-0.2, 0) is 0 Å². The number of anilines is 1. The average Bonchev–Trinajstić information content (AvgIpc) is 3.54. The van der Waals surface area contributed by atoms with Gasteiger partial charge in [-0.3, -0.25) is 9.55 Å². The fraction of sp³-hybridized carbons (Fsp3) is 0.148. The first-order valence-electron chi connectivity index (χ1n) is 11.2. The standard InChI is InChI=1S/C27H23N5S2/c1-17-14-18(2)16-19(15-17)32-25(24(30-26(32)33)21-9-5-6-12-28-21)22-10-7-13-31(22)27-29-20-8-3-4-11-23(20)34-27/h3-16,24-25H,1-2H3,(H,30,33). The highest BCUT2D eigenvalue weighted by atomic mass is 32.1. The van der Waals surface area contributed by atoms with Crippen molar-refractivity contribution in [1.29, 1.82) is 0 Å². The average molecular weight is 482 g/mol. The highest BCUT2D eigenvalue weighted by Crippen LogP contribution is 2.43. The van der Waals surface area contributed by atoms with E-state index in [1.807, 2.05) is 24.4 Å². The molecule has 2 atom stereocenters. The van der Waals surface area contributed by atoms with E-state index in [9.17, 15) is 0 Å². The minimum absolute atomic E-state index is 0.0920. The molecule has 0 saturated carbocycles. The molecule has 4 heterocycles. The first kappa shape index (κ1) is 21.0. The Hall–Kier alpha value is -3.55. The lowest BCUT2D eigenvalue weighted by atomic mass is 10.0. The molecule has 1 aliphatic heterocycles. The molecule has 7 heteroatoms. The lowest BCUT2D eigenvalue weighted by Crippen LogP contribution is -2.30. The fourth-order valence-electron chi connectivity index (χ4n) is 4.80. The van der Waals surface area contributed by atoms with Crippen molar-refractivity contribution < 1.29 is 0 Å². The third-order valence-corrected chi connectivity index (χ3v) is 7.50. The lowest BCUT2D eigenvalue weighted by Gasteiger charge is -2.29. The maximum atomic E-state index is 5.91. The summed E-state index contributed by atoms with van der Waals surface area (Å²) >= 11 is 7.61. The first-order chi connectivity index (χ1) is 16.6. The third-order valence-electron chi connectivity index (χ3n) is 6.15. The van der Waals surface area contributed by atoms with E-state index in [2.05, 4.69) is 94.4 Å². The molecule has 1 saturated heterocycles. The number of pyridine rings is 1. The van der Waals surface area contributed by atoms with Crippen molar-refractivity contribution in [3.8, 4) is 5.13 Å². The Kier molecular flexibility index (Phi) is 5.16. The van der Waals surface area contributed by atoms with Crippen molar-refractivity contribution in [2.24, 2.45) is 0 Å². The summed E-state index contributed by atoms with van der Waals surface area (Å²) in [5.74, 6) is 0. The first-order valence-corrected chi connectivity index (χ1v) is 12.4. The molecule has 1 fully saturated rings. The van der Waals surface area contributed by atoms with Crippen LogP contribution in [0, 0.1) is 13.8 Å². The second kappa shape index (κ2) is 8.34. The number of thiazole rings is 1. The molecular weight excluding hydrogens is 458 g/mol. The Balaban J connectivity index is 1.53. The van der Waals surface area contributed by atoms with E-state index in [0.29, 0.717) is 5.11 Å². The summed E-state index contributed by atoms with van der Waals surface area (Å²) in [6.07, 6.45) is 3.92. The summed E-state index contributed by atoms with van der Waals surface area (Å²) < 4.78 is 3.36. The summed E-state index contributed by atoms with van der Waals surface area (Å²) in [5.41, 5.74) is 6.57. The van der Waals surface area contributed by atoms with Gasteiger partial charge in [-0.25, -0.2) is 4.98 Å². The summed E-state index contributed by atoms with van der Waals surface area (Å²) in [4.78, 5) is 11.8. The van der Waals surface area contributed by atoms with Crippen molar-refractivity contribution in [1.82, 2.24) is 19.9 Å². The van der Waals surface area contributed by atoms with Gasteiger partial charge in [-0.15, -0.1) is 0 Å². The molecule has 6 rings (SSSR count). The smallest absolute Gasteiger partial charge is 0.194 e. The molecule has 1 N–H and O–H groups in total. The number of aromatic nitrogens is 3. The quantitative estimate of drug-likeness (QED) is 0.306. The number of nitrogens with one attached hydrogen (secondary N) is 1. The van der Waals surface area contributed by atoms with Crippen molar-refractivity contribution in [3.63, 3.8) is 0 Å². The number of benzene rings is 2. The van der Waals surface area contributed by atoms with E-state index in [1.165, 1.54) is 15.8 Å². The van der Waals surface area contributed by atoms with Gasteiger partial charge in [-0.05, 0) is 85.7 Å². The predicted octanol–water partition coefficient (Wildman–Crippen LogP) is 6.28. The van der Waals surface area contributed by atoms with E-state index < -0.39 is 0 Å². The van der Waals surface area contributed by atoms with Crippen molar-refractivity contribution in [3.05, 3.63) is 108 Å². The molecule has 0 aliphatic carbocycles. The molecule has 2 unspecified atom stereocenters. The zero-order valence-corrected chi connectivity index (χ0v) is 20.5. The SMILES string of the molecule is Cc1cc(C)cc(N2C(=S)NC(c3ccccn3)C2c2cccn2-c2nc3ccccc3s2)c1. The molecule has 0 bridgehead atoms. The summed E-state index contributed by atoms with van der Waals surface area (Å²) in [5, 5.41) is 5.21. The highest BCUT2D eigenvalue weighted by Gasteiger charge is 2.42. The zero-order chi connectivity index (χ0) is 23.2. The maximum Gasteiger partial charge on any atom is 0.194 e. The Morgan fingerprint density at radius 3 is 2.50 bits per heavy atom. The minimum atomic E-state index is -0.0995. The van der Waals surface area contributed by atoms with E-state index in [-0.39, 0.29) is 12.1 Å². The number of hydrogen-bond donors (Lipinski definition) is 1. The molecule has 0 amide bonds. The van der Waals surface area contributed by atoms with Crippen molar-refractivity contribution >= 4 is 44.6 Å². The van der Waals surface area contributed by atoms with Crippen LogP contribution in [0.4, 0.5) is 5.69 Å². The Morgan fingerprint density at radius 2 is 1.74 bits per heavy atom. The van der Waals surface area contributed by atoms with Gasteiger partial charge < -0.3 is 10.2 Å². The number of thiocarbonyl (C=S) groups is 1. The molecule has 5 aromatic rings. The normalized spacial score (nSPS) is 17.9. The van der Waals surface area contributed by atoms with Gasteiger partial charge in [0.05, 0.1) is 27.6 Å². The van der Waals surface area contributed by atoms with E-state index in [1.54, 1.807) is 11.3 Å². The van der Waals surface area contributed by atoms with E-state index in [0.717, 1.165) is 27.7 Å². The van der Waals surface area contributed by atoms with Crippen LogP contribution in [0.1, 0.15) is 34.6 Å². The number of hydrogen-bond acceptors (Lipinski definition) is 4. The van der Waals surface area contributed by atoms with Crippen LogP contribution in [0.2, 0.25) is 0 Å². The molecule has 0 spiro atoms. The summed E-state index contributed by atoms with van der Waals surface area (Å²) in [6, 6.07) is 24.9. The molecule has 5 nitrogen and oxygen atoms in total. The van der Waals surface area contributed by atoms with Gasteiger partial charge in [0.1, 0.15) is 6.04 Å². The number of aryl methyl sites for hydroxylation is 2. The van der Waals surface area contributed by atoms with Gasteiger partial charge in [0, 0.05) is 18.1 Å². The number of para-hydroxylation sites is 1. The van der Waals surface area contributed by atoms with Crippen molar-refractivity contribution in [2.45, 2.75) is 25.9 Å². The molecule has 2 aromatic carbocycles. The zero-order valence-electron chi connectivity index (χ0n) is 18.8. The number of nitrogens with zero attached hydrogens (tertiary/aromatic N) is 4. The van der Waals surface area contributed by atoms with Gasteiger partial charge >= 0.3 is 0 Å². The summed E-state index contributed by atoms with van der Waals surface area (Å²) in [6.45, 7) is 4.25. The molecule has 168 valence electrons. The van der Waals surface area contributed by atoms with Crippen LogP contribution in [0.15, 0.2) is 85.2 Å². The maximum absolute atomic E-state index is 5.91. The van der Waals surface area contributed by atoms with Crippen LogP contribution in [0.5, 0.6) is 0 Å². The van der Waals surface area contributed by atoms with Gasteiger partial charge in [-0.2, -0.15) is 0 Å². The van der Waals surface area contributed by atoms with Gasteiger partial charge in [0.15, 0.2) is 10.2 Å². The predicted molar refractivity (Wildman–Crippen MR) is 143 cm³/mol. The van der Waals surface area contributed by atoms with Crippen LogP contribution >= 0.6 is 23.6 Å². The molecule has 3 aromatic heterocycles. The second-order valence-electron chi connectivity index (χ2n) is 8.61. The monoisotopic (exact) mass is 481 g/mol. The van der Waals surface area contributed by atoms with Crippen LogP contribution in [0.3, 0.4) is 0 Å². The van der Waals surface area contributed by atoms with E-state index in [4.69, 9.17) is 17.2 Å². The number of rotatable bonds is 4. The van der Waals surface area contributed by atoms with E-state index >= 15 is 0 Å². The Bertz CT molecular complexity index is 1450. The lowest BCUT2D eigenvalue weighted by molar-refractivity contribution is 0.549. The topological polar surface area (TPSA) is 46.0 Å². The second-order valence-corrected chi connectivity index (χ2v) is 10.0. The Labute approximate surface area is 207 Å². The fourth-order valence-corrected chi connectivity index (χ4v) is 6.11. The number of fused-ring (bicyclic) bond motifs is 1. The highest BCUT2D eigenvalue weighted by molar-refractivity contribution is 7.80. The molecular formula is C27H23N5S2. The van der Waals surface area contributed by atoms with Crippen LogP contribution in [-0.4, -0.2) is 19.6 Å². The van der Waals surface area contributed by atoms with Gasteiger partial charge in [0.2, 0.25) is 0 Å². The third kappa shape index (κ3) is 3.57. The molecule has 0 radical (unpaired) electrons. The molecule has 1 aliphatic rings. The summed E-state index contributed by atoms with van der Waals surface area (Å²) in [7, 11) is 0. The minimum Gasteiger partial charge on any atom is -0.351 e. The largest absolute Gasteiger partial charge is 0.351 e. The van der Waals surface area contributed by atoms with Crippen LogP contribution < -0.4 is 10.2 Å². The molecule has 34 heavy (non-hydrogen) atoms. The Morgan fingerprint density at radius 1 is 0.941 bits per heavy atom. The van der Waals surface area contributed by atoms with Gasteiger partial charge in [0.25, 0.3) is 0 Å².